The van der Waals surface area contributed by atoms with E-state index >= 15 is 0 Å². The lowest BCUT2D eigenvalue weighted by Gasteiger charge is -2.41. The molecule has 2 saturated heterocycles. The molecule has 2 rings (SSSR count). The minimum absolute atomic E-state index is 0.174. The first kappa shape index (κ1) is 12.2. The van der Waals surface area contributed by atoms with Gasteiger partial charge in [-0.25, -0.2) is 0 Å². The molecule has 2 heterocycles. The molecule has 4 heteroatoms. The number of nitrogens with two attached hydrogens (primary N) is 1. The van der Waals surface area contributed by atoms with Crippen molar-refractivity contribution in [2.45, 2.75) is 32.2 Å². The number of nitrogens with zero attached hydrogens (tertiary/aromatic N) is 1. The highest BCUT2D eigenvalue weighted by molar-refractivity contribution is 7.99. The minimum atomic E-state index is 0.174. The van der Waals surface area contributed by atoms with Crippen molar-refractivity contribution < 1.29 is 4.79 Å². The maximum absolute atomic E-state index is 11.3. The van der Waals surface area contributed by atoms with Crippen LogP contribution in [-0.4, -0.2) is 41.4 Å². The summed E-state index contributed by atoms with van der Waals surface area (Å²) < 4.78 is 0. The molecule has 0 radical (unpaired) electrons. The van der Waals surface area contributed by atoms with E-state index in [0.717, 1.165) is 25.4 Å². The maximum Gasteiger partial charge on any atom is 0.219 e. The third-order valence-electron chi connectivity index (χ3n) is 4.03. The number of likely N-dealkylation sites (tertiary alicyclic amines) is 1. The Hall–Kier alpha value is -0.220. The molecule has 0 aromatic heterocycles. The van der Waals surface area contributed by atoms with Crippen LogP contribution < -0.4 is 5.73 Å². The zero-order valence-corrected chi connectivity index (χ0v) is 10.8. The van der Waals surface area contributed by atoms with E-state index in [9.17, 15) is 4.79 Å². The number of amides is 1. The molecule has 0 aromatic rings. The molecule has 0 aliphatic carbocycles. The van der Waals surface area contributed by atoms with E-state index in [4.69, 9.17) is 5.73 Å². The number of rotatable bonds is 1. The van der Waals surface area contributed by atoms with E-state index in [1.807, 2.05) is 4.90 Å². The quantitative estimate of drug-likeness (QED) is 0.754. The molecule has 2 fully saturated rings. The van der Waals surface area contributed by atoms with Crippen LogP contribution in [0.3, 0.4) is 0 Å². The van der Waals surface area contributed by atoms with E-state index in [1.165, 1.54) is 24.3 Å². The van der Waals surface area contributed by atoms with Crippen LogP contribution in [0.4, 0.5) is 0 Å². The first-order valence-electron chi connectivity index (χ1n) is 6.27. The van der Waals surface area contributed by atoms with Crippen LogP contribution in [0.1, 0.15) is 26.2 Å². The van der Waals surface area contributed by atoms with Gasteiger partial charge in [0.25, 0.3) is 0 Å². The Balaban J connectivity index is 1.90. The highest BCUT2D eigenvalue weighted by Gasteiger charge is 2.33. The highest BCUT2D eigenvalue weighted by Crippen LogP contribution is 2.34. The summed E-state index contributed by atoms with van der Waals surface area (Å²) in [6.45, 7) is 3.32. The first-order chi connectivity index (χ1) is 7.68. The molecular weight excluding hydrogens is 220 g/mol. The summed E-state index contributed by atoms with van der Waals surface area (Å²) in [6.07, 6.45) is 3.75. The Morgan fingerprint density at radius 3 is 2.56 bits per heavy atom. The van der Waals surface area contributed by atoms with Gasteiger partial charge in [-0.1, -0.05) is 0 Å². The Morgan fingerprint density at radius 1 is 1.31 bits per heavy atom. The fraction of sp³-hybridized carbons (Fsp3) is 0.917. The van der Waals surface area contributed by atoms with Crippen molar-refractivity contribution in [3.05, 3.63) is 0 Å². The Kier molecular flexibility index (Phi) is 4.14. The summed E-state index contributed by atoms with van der Waals surface area (Å²) in [4.78, 5) is 13.2. The third kappa shape index (κ3) is 2.72. The van der Waals surface area contributed by atoms with Crippen molar-refractivity contribution in [2.24, 2.45) is 17.6 Å². The molecule has 2 unspecified atom stereocenters. The van der Waals surface area contributed by atoms with Crippen LogP contribution in [-0.2, 0) is 4.79 Å². The predicted octanol–water partition coefficient (Wildman–Crippen LogP) is 1.33. The second-order valence-corrected chi connectivity index (χ2v) is 6.26. The Morgan fingerprint density at radius 2 is 2.00 bits per heavy atom. The van der Waals surface area contributed by atoms with Gasteiger partial charge in [0.2, 0.25) is 5.91 Å². The summed E-state index contributed by atoms with van der Waals surface area (Å²) in [5.74, 6) is 4.23. The Bertz CT molecular complexity index is 253. The molecule has 2 N–H and O–H groups in total. The summed E-state index contributed by atoms with van der Waals surface area (Å²) in [5.41, 5.74) is 6.24. The molecule has 0 aromatic carbocycles. The third-order valence-corrected chi connectivity index (χ3v) is 5.08. The maximum atomic E-state index is 11.3. The van der Waals surface area contributed by atoms with Crippen molar-refractivity contribution in [3.63, 3.8) is 0 Å². The van der Waals surface area contributed by atoms with Gasteiger partial charge in [0.05, 0.1) is 0 Å². The molecular formula is C12H22N2OS. The fourth-order valence-electron chi connectivity index (χ4n) is 3.02. The largest absolute Gasteiger partial charge is 0.341 e. The zero-order valence-electron chi connectivity index (χ0n) is 10.0. The fourth-order valence-corrected chi connectivity index (χ4v) is 4.16. The normalized spacial score (nSPS) is 32.8. The lowest BCUT2D eigenvalue weighted by molar-refractivity contribution is -0.130. The van der Waals surface area contributed by atoms with E-state index in [0.29, 0.717) is 5.92 Å². The smallest absolute Gasteiger partial charge is 0.219 e. The lowest BCUT2D eigenvalue weighted by Crippen LogP contribution is -2.52. The number of carbonyl (C=O) groups excluding carboxylic acids is 1. The van der Waals surface area contributed by atoms with Gasteiger partial charge in [0.1, 0.15) is 0 Å². The molecule has 16 heavy (non-hydrogen) atoms. The zero-order chi connectivity index (χ0) is 11.5. The molecule has 2 aliphatic heterocycles. The monoisotopic (exact) mass is 242 g/mol. The van der Waals surface area contributed by atoms with Crippen molar-refractivity contribution in [1.29, 1.82) is 0 Å². The van der Waals surface area contributed by atoms with Gasteiger partial charge in [-0.2, -0.15) is 11.8 Å². The van der Waals surface area contributed by atoms with Gasteiger partial charge >= 0.3 is 0 Å². The second kappa shape index (κ2) is 5.41. The number of hydrogen-bond acceptors (Lipinski definition) is 3. The average Bonchev–Trinajstić information content (AvgIpc) is 2.30. The van der Waals surface area contributed by atoms with Crippen LogP contribution in [0.2, 0.25) is 0 Å². The lowest BCUT2D eigenvalue weighted by atomic mass is 9.78. The molecule has 1 amide bonds. The molecule has 2 atom stereocenters. The Labute approximate surface area is 102 Å². The van der Waals surface area contributed by atoms with Crippen molar-refractivity contribution in [3.8, 4) is 0 Å². The summed E-state index contributed by atoms with van der Waals surface area (Å²) >= 11 is 2.06. The van der Waals surface area contributed by atoms with Crippen molar-refractivity contribution in [1.82, 2.24) is 4.90 Å². The molecule has 2 aliphatic rings. The van der Waals surface area contributed by atoms with Gasteiger partial charge in [-0.3, -0.25) is 4.79 Å². The molecule has 0 bridgehead atoms. The molecule has 3 nitrogen and oxygen atoms in total. The summed E-state index contributed by atoms with van der Waals surface area (Å²) in [6, 6.07) is 0.200. The van der Waals surface area contributed by atoms with E-state index in [1.54, 1.807) is 6.92 Å². The highest BCUT2D eigenvalue weighted by atomic mass is 32.2. The molecule has 0 spiro atoms. The number of thioether (sulfide) groups is 1. The van der Waals surface area contributed by atoms with Crippen molar-refractivity contribution in [2.75, 3.05) is 24.6 Å². The second-order valence-electron chi connectivity index (χ2n) is 5.03. The standard InChI is InChI=1S/C12H22N2OS/c1-9(15)14-5-2-11(12(13)8-14)10-3-6-16-7-4-10/h10-12H,2-8,13H2,1H3. The van der Waals surface area contributed by atoms with Gasteiger partial charge in [-0.15, -0.1) is 0 Å². The van der Waals surface area contributed by atoms with Crippen LogP contribution in [0.25, 0.3) is 0 Å². The van der Waals surface area contributed by atoms with Crippen LogP contribution in [0, 0.1) is 11.8 Å². The van der Waals surface area contributed by atoms with E-state index < -0.39 is 0 Å². The van der Waals surface area contributed by atoms with E-state index in [-0.39, 0.29) is 11.9 Å². The average molecular weight is 242 g/mol. The van der Waals surface area contributed by atoms with Gasteiger partial charge in [-0.05, 0) is 42.6 Å². The van der Waals surface area contributed by atoms with E-state index in [2.05, 4.69) is 11.8 Å². The number of piperidine rings is 1. The summed E-state index contributed by atoms with van der Waals surface area (Å²) in [5, 5.41) is 0. The first-order valence-corrected chi connectivity index (χ1v) is 7.43. The topological polar surface area (TPSA) is 46.3 Å². The van der Waals surface area contributed by atoms with Crippen molar-refractivity contribution >= 4 is 17.7 Å². The predicted molar refractivity (Wildman–Crippen MR) is 68.4 cm³/mol. The molecule has 0 saturated carbocycles. The molecule has 92 valence electrons. The van der Waals surface area contributed by atoms with Crippen LogP contribution >= 0.6 is 11.8 Å². The van der Waals surface area contributed by atoms with Gasteiger partial charge in [0, 0.05) is 26.1 Å². The van der Waals surface area contributed by atoms with Crippen LogP contribution in [0.5, 0.6) is 0 Å². The SMILES string of the molecule is CC(=O)N1CCC(C2CCSCC2)C(N)C1. The number of hydrogen-bond donors (Lipinski definition) is 1. The summed E-state index contributed by atoms with van der Waals surface area (Å²) in [7, 11) is 0. The van der Waals surface area contributed by atoms with Gasteiger partial charge < -0.3 is 10.6 Å². The number of carbonyl (C=O) groups is 1. The van der Waals surface area contributed by atoms with Crippen LogP contribution in [0.15, 0.2) is 0 Å². The minimum Gasteiger partial charge on any atom is -0.341 e. The van der Waals surface area contributed by atoms with Gasteiger partial charge in [0.15, 0.2) is 0 Å².